The maximum atomic E-state index is 13.0. The van der Waals surface area contributed by atoms with Crippen molar-refractivity contribution in [3.8, 4) is 0 Å². The first kappa shape index (κ1) is 13.5. The maximum Gasteiger partial charge on any atom is 0.274 e. The number of nitrogens with one attached hydrogen (secondary N) is 1. The number of hydrazone groups is 1. The van der Waals surface area contributed by atoms with Gasteiger partial charge in [-0.05, 0) is 46.6 Å². The fourth-order valence-electron chi connectivity index (χ4n) is 1.44. The van der Waals surface area contributed by atoms with Gasteiger partial charge >= 0.3 is 0 Å². The van der Waals surface area contributed by atoms with Gasteiger partial charge in [-0.3, -0.25) is 4.79 Å². The van der Waals surface area contributed by atoms with E-state index in [2.05, 4.69) is 26.5 Å². The highest BCUT2D eigenvalue weighted by atomic mass is 79.9. The number of furan rings is 1. The lowest BCUT2D eigenvalue weighted by Gasteiger charge is -1.98. The second-order valence-corrected chi connectivity index (χ2v) is 4.62. The van der Waals surface area contributed by atoms with Crippen molar-refractivity contribution in [2.75, 3.05) is 0 Å². The molecule has 0 unspecified atom stereocenters. The number of rotatable bonds is 3. The third-order valence-electron chi connectivity index (χ3n) is 2.43. The zero-order valence-electron chi connectivity index (χ0n) is 9.98. The van der Waals surface area contributed by atoms with Crippen LogP contribution in [0.4, 0.5) is 4.39 Å². The Morgan fingerprint density at radius 1 is 1.47 bits per heavy atom. The molecule has 1 heterocycles. The maximum absolute atomic E-state index is 13.0. The summed E-state index contributed by atoms with van der Waals surface area (Å²) in [4.78, 5) is 11.7. The Labute approximate surface area is 117 Å². The fraction of sp³-hybridized carbons (Fsp3) is 0.0769. The van der Waals surface area contributed by atoms with Crippen molar-refractivity contribution in [1.82, 2.24) is 5.43 Å². The van der Waals surface area contributed by atoms with E-state index in [1.807, 2.05) is 0 Å². The van der Waals surface area contributed by atoms with E-state index in [1.54, 1.807) is 25.1 Å². The monoisotopic (exact) mass is 324 g/mol. The Hall–Kier alpha value is -1.95. The number of nitrogens with zero attached hydrogens (tertiary/aromatic N) is 1. The molecule has 0 bridgehead atoms. The smallest absolute Gasteiger partial charge is 0.274 e. The van der Waals surface area contributed by atoms with Crippen molar-refractivity contribution in [1.29, 1.82) is 0 Å². The molecule has 98 valence electrons. The van der Waals surface area contributed by atoms with Gasteiger partial charge in [0.2, 0.25) is 0 Å². The molecule has 4 nitrogen and oxygen atoms in total. The van der Waals surface area contributed by atoms with Gasteiger partial charge < -0.3 is 4.42 Å². The van der Waals surface area contributed by atoms with E-state index in [1.165, 1.54) is 18.5 Å². The van der Waals surface area contributed by atoms with E-state index < -0.39 is 0 Å². The predicted molar refractivity (Wildman–Crippen MR) is 72.6 cm³/mol. The normalized spacial score (nSPS) is 10.9. The molecule has 2 rings (SSSR count). The number of benzene rings is 1. The number of hydrogen-bond acceptors (Lipinski definition) is 3. The molecule has 2 aromatic rings. The molecule has 0 radical (unpaired) electrons. The summed E-state index contributed by atoms with van der Waals surface area (Å²) in [7, 11) is 0. The van der Waals surface area contributed by atoms with Crippen LogP contribution in [0.3, 0.4) is 0 Å². The topological polar surface area (TPSA) is 54.6 Å². The van der Waals surface area contributed by atoms with Crippen molar-refractivity contribution in [3.05, 3.63) is 57.7 Å². The van der Waals surface area contributed by atoms with E-state index >= 15 is 0 Å². The molecule has 0 atom stereocenters. The van der Waals surface area contributed by atoms with Gasteiger partial charge in [0.15, 0.2) is 0 Å². The number of halogens is 2. The van der Waals surface area contributed by atoms with Crippen LogP contribution in [0, 0.1) is 12.7 Å². The predicted octanol–water partition coefficient (Wildman–Crippen LogP) is 3.25. The number of carbonyl (C=O) groups is 1. The van der Waals surface area contributed by atoms with Crippen molar-refractivity contribution >= 4 is 28.1 Å². The Bertz CT molecular complexity index is 637. The van der Waals surface area contributed by atoms with E-state index in [0.717, 1.165) is 0 Å². The highest BCUT2D eigenvalue weighted by molar-refractivity contribution is 9.10. The summed E-state index contributed by atoms with van der Waals surface area (Å²) in [6.45, 7) is 1.69. The number of aryl methyl sites for hydroxylation is 1. The lowest BCUT2D eigenvalue weighted by Crippen LogP contribution is -2.17. The van der Waals surface area contributed by atoms with Crippen molar-refractivity contribution in [3.63, 3.8) is 0 Å². The Balaban J connectivity index is 2.02. The SMILES string of the molecule is Cc1occc1C(=O)NN=Cc1ccc(F)c(Br)c1. The molecular weight excluding hydrogens is 315 g/mol. The van der Waals surface area contributed by atoms with Gasteiger partial charge in [0.1, 0.15) is 11.6 Å². The highest BCUT2D eigenvalue weighted by Crippen LogP contribution is 2.15. The summed E-state index contributed by atoms with van der Waals surface area (Å²) < 4.78 is 18.4. The van der Waals surface area contributed by atoms with Gasteiger partial charge in [-0.2, -0.15) is 5.10 Å². The van der Waals surface area contributed by atoms with Crippen molar-refractivity contribution < 1.29 is 13.6 Å². The Morgan fingerprint density at radius 3 is 2.89 bits per heavy atom. The molecular formula is C13H10BrFN2O2. The minimum absolute atomic E-state index is 0.341. The van der Waals surface area contributed by atoms with Crippen LogP contribution in [0.25, 0.3) is 0 Å². The van der Waals surface area contributed by atoms with Crippen LogP contribution >= 0.6 is 15.9 Å². The fourth-order valence-corrected chi connectivity index (χ4v) is 1.84. The lowest BCUT2D eigenvalue weighted by atomic mass is 10.2. The van der Waals surface area contributed by atoms with Crippen LogP contribution in [0.1, 0.15) is 21.7 Å². The summed E-state index contributed by atoms with van der Waals surface area (Å²) in [6, 6.07) is 6.00. The summed E-state index contributed by atoms with van der Waals surface area (Å²) >= 11 is 3.07. The summed E-state index contributed by atoms with van der Waals surface area (Å²) in [5, 5.41) is 3.80. The number of carbonyl (C=O) groups excluding carboxylic acids is 1. The second-order valence-electron chi connectivity index (χ2n) is 3.76. The minimum Gasteiger partial charge on any atom is -0.469 e. The van der Waals surface area contributed by atoms with E-state index in [-0.39, 0.29) is 11.7 Å². The molecule has 0 saturated carbocycles. The van der Waals surface area contributed by atoms with Crippen LogP contribution in [0.2, 0.25) is 0 Å². The van der Waals surface area contributed by atoms with Gasteiger partial charge in [0, 0.05) is 0 Å². The van der Waals surface area contributed by atoms with E-state index in [9.17, 15) is 9.18 Å². The summed E-state index contributed by atoms with van der Waals surface area (Å²) in [5.41, 5.74) is 3.46. The second kappa shape index (κ2) is 5.79. The van der Waals surface area contributed by atoms with Gasteiger partial charge in [-0.1, -0.05) is 6.07 Å². The standard InChI is InChI=1S/C13H10BrFN2O2/c1-8-10(4-5-19-8)13(18)17-16-7-9-2-3-12(15)11(14)6-9/h2-7H,1H3,(H,17,18). The van der Waals surface area contributed by atoms with Crippen LogP contribution in [0.15, 0.2) is 44.5 Å². The zero-order valence-corrected chi connectivity index (χ0v) is 11.6. The first-order chi connectivity index (χ1) is 9.08. The van der Waals surface area contributed by atoms with Crippen molar-refractivity contribution in [2.24, 2.45) is 5.10 Å². The highest BCUT2D eigenvalue weighted by Gasteiger charge is 2.09. The molecule has 1 aromatic carbocycles. The molecule has 1 aromatic heterocycles. The zero-order chi connectivity index (χ0) is 13.8. The van der Waals surface area contributed by atoms with Gasteiger partial charge in [-0.25, -0.2) is 9.82 Å². The van der Waals surface area contributed by atoms with Crippen LogP contribution < -0.4 is 5.43 Å². The van der Waals surface area contributed by atoms with Gasteiger partial charge in [0.25, 0.3) is 5.91 Å². The Kier molecular flexibility index (Phi) is 4.11. The molecule has 0 saturated heterocycles. The quantitative estimate of drug-likeness (QED) is 0.696. The molecule has 6 heteroatoms. The molecule has 0 aliphatic heterocycles. The van der Waals surface area contributed by atoms with Gasteiger partial charge in [-0.15, -0.1) is 0 Å². The Morgan fingerprint density at radius 2 is 2.26 bits per heavy atom. The van der Waals surface area contributed by atoms with Crippen LogP contribution in [-0.2, 0) is 0 Å². The molecule has 19 heavy (non-hydrogen) atoms. The molecule has 1 amide bonds. The molecule has 0 fully saturated rings. The minimum atomic E-state index is -0.358. The third kappa shape index (κ3) is 3.29. The third-order valence-corrected chi connectivity index (χ3v) is 3.03. The van der Waals surface area contributed by atoms with Crippen molar-refractivity contribution in [2.45, 2.75) is 6.92 Å². The molecule has 0 spiro atoms. The average Bonchev–Trinajstić information content (AvgIpc) is 2.80. The average molecular weight is 325 g/mol. The summed E-state index contributed by atoms with van der Waals surface area (Å²) in [5.74, 6) is -0.184. The van der Waals surface area contributed by atoms with Crippen LogP contribution in [0.5, 0.6) is 0 Å². The number of amides is 1. The number of hydrogen-bond donors (Lipinski definition) is 1. The van der Waals surface area contributed by atoms with E-state index in [4.69, 9.17) is 4.42 Å². The molecule has 0 aliphatic rings. The first-order valence-corrected chi connectivity index (χ1v) is 6.20. The molecule has 0 aliphatic carbocycles. The first-order valence-electron chi connectivity index (χ1n) is 5.40. The van der Waals surface area contributed by atoms with E-state index in [0.29, 0.717) is 21.4 Å². The molecule has 1 N–H and O–H groups in total. The van der Waals surface area contributed by atoms with Crippen LogP contribution in [-0.4, -0.2) is 12.1 Å². The summed E-state index contributed by atoms with van der Waals surface area (Å²) in [6.07, 6.45) is 2.86. The lowest BCUT2D eigenvalue weighted by molar-refractivity contribution is 0.0953. The largest absolute Gasteiger partial charge is 0.469 e. The van der Waals surface area contributed by atoms with Gasteiger partial charge in [0.05, 0.1) is 22.5 Å².